The molecule has 4 aliphatic carbocycles. The summed E-state index contributed by atoms with van der Waals surface area (Å²) < 4.78 is 41.5. The minimum absolute atomic E-state index is 0.00119. The summed E-state index contributed by atoms with van der Waals surface area (Å²) in [5.41, 5.74) is 5.51. The van der Waals surface area contributed by atoms with E-state index in [1.54, 1.807) is 0 Å². The van der Waals surface area contributed by atoms with Crippen molar-refractivity contribution in [3.63, 3.8) is 0 Å². The number of nitrogens with one attached hydrogen (secondary N) is 2. The maximum atomic E-state index is 7.37. The topological polar surface area (TPSA) is 79.4 Å². The van der Waals surface area contributed by atoms with Gasteiger partial charge in [0, 0.05) is 42.2 Å². The predicted octanol–water partition coefficient (Wildman–Crippen LogP) is 14.1. The van der Waals surface area contributed by atoms with E-state index in [1.807, 2.05) is 41.9 Å². The Bertz CT molecular complexity index is 2040. The van der Waals surface area contributed by atoms with Gasteiger partial charge in [0.1, 0.15) is 25.4 Å². The zero-order valence-electron chi connectivity index (χ0n) is 49.6. The second kappa shape index (κ2) is 27.1. The van der Waals surface area contributed by atoms with Crippen molar-refractivity contribution < 1.29 is 28.4 Å². The number of terminal acetylenes is 2. The maximum absolute atomic E-state index is 7.37. The Balaban J connectivity index is 0.00000138. The van der Waals surface area contributed by atoms with Gasteiger partial charge in [0.15, 0.2) is 23.0 Å². The zero-order valence-corrected chi connectivity index (χ0v) is 49.6. The van der Waals surface area contributed by atoms with Crippen molar-refractivity contribution in [2.24, 2.45) is 52.3 Å². The molecule has 2 aromatic carbocycles. The molecule has 0 spiro atoms. The summed E-state index contributed by atoms with van der Waals surface area (Å²) in [6.45, 7) is 40.5. The molecule has 2 aromatic rings. The fourth-order valence-electron chi connectivity index (χ4n) is 14.3. The molecular formula is C65H106N2O6. The van der Waals surface area contributed by atoms with Gasteiger partial charge >= 0.3 is 0 Å². The van der Waals surface area contributed by atoms with Crippen molar-refractivity contribution in [2.75, 3.05) is 47.1 Å². The first kappa shape index (κ1) is 62.1. The van der Waals surface area contributed by atoms with Gasteiger partial charge in [0.2, 0.25) is 0 Å². The summed E-state index contributed by atoms with van der Waals surface area (Å²) >= 11 is 0. The van der Waals surface area contributed by atoms with Gasteiger partial charge in [0.25, 0.3) is 0 Å². The number of fused-ring (bicyclic) bond motifs is 3. The molecule has 4 unspecified atom stereocenters. The number of aryl methyl sites for hydroxylation is 1. The Hall–Kier alpha value is -3.40. The minimum Gasteiger partial charge on any atom is -0.486 e. The number of unbranched alkanes of at least 4 members (excludes halogenated alkanes) is 1. The highest BCUT2D eigenvalue weighted by Gasteiger charge is 2.66. The SMILES string of the molecule is C#C.C#C.CC.CC.CCCCNCC1C[C@H]([C@@H](C)C(C)(C)C)[C@@H](OC)[C@@H]2Oc3c(OCCOc4ccc5c6c4O[C@H]4C(OC)C([C@@H](C)C(C)(C)C)CC([C@H](NCC7CC7)C5)[C@@]64CC)ccc(CC)c3[C@]12CC. The van der Waals surface area contributed by atoms with Gasteiger partial charge < -0.3 is 39.1 Å². The Morgan fingerprint density at radius 2 is 1.19 bits per heavy atom. The molecule has 3 fully saturated rings. The van der Waals surface area contributed by atoms with Gasteiger partial charge in [0.05, 0.1) is 12.2 Å². The van der Waals surface area contributed by atoms with E-state index in [9.17, 15) is 0 Å². The van der Waals surface area contributed by atoms with Gasteiger partial charge in [-0.1, -0.05) is 129 Å². The smallest absolute Gasteiger partial charge is 0.165 e. The number of ether oxygens (including phenoxy) is 6. The fraction of sp³-hybridized carbons (Fsp3) is 0.754. The van der Waals surface area contributed by atoms with Crippen molar-refractivity contribution in [2.45, 2.75) is 216 Å². The van der Waals surface area contributed by atoms with Crippen LogP contribution in [-0.4, -0.2) is 77.5 Å². The second-order valence-electron chi connectivity index (χ2n) is 23.8. The van der Waals surface area contributed by atoms with Crippen LogP contribution in [0.3, 0.4) is 0 Å². The highest BCUT2D eigenvalue weighted by Crippen LogP contribution is 2.65. The molecule has 412 valence electrons. The van der Waals surface area contributed by atoms with Crippen LogP contribution in [0.5, 0.6) is 23.0 Å². The molecule has 2 heterocycles. The van der Waals surface area contributed by atoms with Gasteiger partial charge in [-0.15, -0.1) is 25.7 Å². The first-order valence-corrected chi connectivity index (χ1v) is 29.1. The van der Waals surface area contributed by atoms with Gasteiger partial charge in [-0.25, -0.2) is 0 Å². The van der Waals surface area contributed by atoms with Crippen molar-refractivity contribution in [3.05, 3.63) is 46.5 Å². The summed E-state index contributed by atoms with van der Waals surface area (Å²) in [5, 5.41) is 8.06. The number of benzene rings is 2. The quantitative estimate of drug-likeness (QED) is 0.100. The molecule has 2 N–H and O–H groups in total. The average molecular weight is 1010 g/mol. The molecule has 2 aliphatic heterocycles. The summed E-state index contributed by atoms with van der Waals surface area (Å²) in [6.07, 6.45) is 27.1. The lowest BCUT2D eigenvalue weighted by molar-refractivity contribution is -0.135. The van der Waals surface area contributed by atoms with E-state index in [0.29, 0.717) is 54.8 Å². The summed E-state index contributed by atoms with van der Waals surface area (Å²) in [7, 11) is 3.83. The first-order valence-electron chi connectivity index (χ1n) is 29.1. The molecule has 13 atom stereocenters. The van der Waals surface area contributed by atoms with E-state index >= 15 is 0 Å². The van der Waals surface area contributed by atoms with Gasteiger partial charge in [-0.3, -0.25) is 0 Å². The number of methoxy groups -OCH3 is 2. The van der Waals surface area contributed by atoms with Crippen molar-refractivity contribution in [1.82, 2.24) is 10.6 Å². The fourth-order valence-corrected chi connectivity index (χ4v) is 14.3. The molecular weight excluding hydrogens is 905 g/mol. The summed E-state index contributed by atoms with van der Waals surface area (Å²) in [6, 6.07) is 9.39. The van der Waals surface area contributed by atoms with E-state index < -0.39 is 0 Å². The largest absolute Gasteiger partial charge is 0.486 e. The minimum atomic E-state index is -0.185. The van der Waals surface area contributed by atoms with Crippen LogP contribution in [0, 0.1) is 77.9 Å². The molecule has 8 heteroatoms. The van der Waals surface area contributed by atoms with Crippen LogP contribution < -0.4 is 29.6 Å². The molecule has 6 aliphatic rings. The predicted molar refractivity (Wildman–Crippen MR) is 307 cm³/mol. The van der Waals surface area contributed by atoms with Crippen molar-refractivity contribution in [1.29, 1.82) is 0 Å². The second-order valence-corrected chi connectivity index (χ2v) is 23.8. The van der Waals surface area contributed by atoms with Crippen LogP contribution in [0.25, 0.3) is 0 Å². The van der Waals surface area contributed by atoms with Crippen LogP contribution >= 0.6 is 0 Å². The van der Waals surface area contributed by atoms with Crippen LogP contribution in [0.2, 0.25) is 0 Å². The Kier molecular flexibility index (Phi) is 23.0. The van der Waals surface area contributed by atoms with Crippen LogP contribution in [0.1, 0.15) is 184 Å². The van der Waals surface area contributed by atoms with Crippen LogP contribution in [0.15, 0.2) is 24.3 Å². The third kappa shape index (κ3) is 11.9. The monoisotopic (exact) mass is 1010 g/mol. The Labute approximate surface area is 448 Å². The van der Waals surface area contributed by atoms with E-state index in [0.717, 1.165) is 87.1 Å². The third-order valence-electron chi connectivity index (χ3n) is 18.9. The molecule has 8 nitrogen and oxygen atoms in total. The van der Waals surface area contributed by atoms with E-state index in [-0.39, 0.29) is 46.1 Å². The lowest BCUT2D eigenvalue weighted by Crippen LogP contribution is -2.65. The Morgan fingerprint density at radius 1 is 0.685 bits per heavy atom. The average Bonchev–Trinajstić information content (AvgIpc) is 4.07. The lowest BCUT2D eigenvalue weighted by atomic mass is 9.49. The molecule has 0 bridgehead atoms. The molecule has 8 rings (SSSR count). The number of hydrogen-bond donors (Lipinski definition) is 2. The Morgan fingerprint density at radius 3 is 1.67 bits per heavy atom. The van der Waals surface area contributed by atoms with Crippen LogP contribution in [-0.2, 0) is 33.1 Å². The van der Waals surface area contributed by atoms with E-state index in [4.69, 9.17) is 28.4 Å². The maximum Gasteiger partial charge on any atom is 0.165 e. The molecule has 0 aromatic heterocycles. The number of hydrogen-bond acceptors (Lipinski definition) is 8. The summed E-state index contributed by atoms with van der Waals surface area (Å²) in [4.78, 5) is 0. The molecule has 3 saturated carbocycles. The number of rotatable bonds is 20. The molecule has 0 radical (unpaired) electrons. The molecule has 73 heavy (non-hydrogen) atoms. The first-order chi connectivity index (χ1) is 35.0. The lowest BCUT2D eigenvalue weighted by Gasteiger charge is -2.57. The zero-order chi connectivity index (χ0) is 54.6. The van der Waals surface area contributed by atoms with Crippen molar-refractivity contribution in [3.8, 4) is 48.7 Å². The van der Waals surface area contributed by atoms with Crippen LogP contribution in [0.4, 0.5) is 0 Å². The van der Waals surface area contributed by atoms with E-state index in [2.05, 4.69) is 144 Å². The standard InChI is InChI=1S/C57H90N2O6.2C2H6.2C2H2/c1-15-19-26-58-33-39-30-40(34(5)54(7,8)9)48(60-13)52-56(39,17-3)46-37(16-2)22-24-44(50(46)64-52)62-27-28-63-45-25-23-38-29-43(59-32-36-20-21-36)42-31-41(35(6)55(10,11)12)49(61-14)53-57(42,18-4)47(38)51(45)65-53;4*1-2/h22-25,34-36,39-43,48-49,52-53,58-59H,15-21,26-33H2,1-14H3;2*1-2H3;2*1-2H/t34-,35-,39?,40-,41?,42?,43-,48-,49?,52+,53+,56+,57+;;;;/m1..../s1. The molecule has 0 amide bonds. The van der Waals surface area contributed by atoms with Crippen molar-refractivity contribution >= 4 is 0 Å². The summed E-state index contributed by atoms with van der Waals surface area (Å²) in [5.74, 6) is 6.91. The van der Waals surface area contributed by atoms with E-state index in [1.165, 1.54) is 47.9 Å². The van der Waals surface area contributed by atoms with Gasteiger partial charge in [-0.2, -0.15) is 0 Å². The highest BCUT2D eigenvalue weighted by molar-refractivity contribution is 5.62. The normalized spacial score (nSPS) is 29.9. The third-order valence-corrected chi connectivity index (χ3v) is 18.9. The molecule has 0 saturated heterocycles. The van der Waals surface area contributed by atoms with Gasteiger partial charge in [-0.05, 0) is 153 Å². The highest BCUT2D eigenvalue weighted by atomic mass is 16.6.